The number of carbonyl (C=O) groups is 2. The van der Waals surface area contributed by atoms with Crippen LogP contribution in [0.4, 0.5) is 13.2 Å². The molecule has 4 heterocycles. The van der Waals surface area contributed by atoms with E-state index in [2.05, 4.69) is 5.32 Å². The summed E-state index contributed by atoms with van der Waals surface area (Å²) in [6, 6.07) is 1.02. The first-order valence-corrected chi connectivity index (χ1v) is 10.5. The van der Waals surface area contributed by atoms with Crippen molar-refractivity contribution >= 4 is 11.8 Å². The van der Waals surface area contributed by atoms with Gasteiger partial charge < -0.3 is 19.9 Å². The van der Waals surface area contributed by atoms with Crippen LogP contribution in [-0.2, 0) is 13.1 Å². The molecule has 1 unspecified atom stereocenters. The molecule has 2 saturated heterocycles. The Balaban J connectivity index is 1.44. The Morgan fingerprint density at radius 2 is 1.75 bits per heavy atom. The smallest absolute Gasteiger partial charge is 0.275 e. The average molecular weight is 447 g/mol. The van der Waals surface area contributed by atoms with E-state index in [0.717, 1.165) is 25.7 Å². The summed E-state index contributed by atoms with van der Waals surface area (Å²) in [6.07, 6.45) is 5.05. The first kappa shape index (κ1) is 20.6. The summed E-state index contributed by atoms with van der Waals surface area (Å²) in [4.78, 5) is 40.1. The van der Waals surface area contributed by atoms with E-state index in [1.54, 1.807) is 4.90 Å². The monoisotopic (exact) mass is 447 g/mol. The number of aromatic hydroxyl groups is 1. The summed E-state index contributed by atoms with van der Waals surface area (Å²) in [5, 5.41) is 12.8. The molecule has 0 radical (unpaired) electrons. The molecular weight excluding hydrogens is 427 g/mol. The van der Waals surface area contributed by atoms with Crippen LogP contribution in [0.25, 0.3) is 0 Å². The van der Waals surface area contributed by atoms with Crippen LogP contribution in [0.1, 0.15) is 52.1 Å². The molecule has 3 aliphatic heterocycles. The van der Waals surface area contributed by atoms with Gasteiger partial charge in [-0.15, -0.1) is 0 Å². The van der Waals surface area contributed by atoms with Crippen LogP contribution in [0.2, 0.25) is 0 Å². The van der Waals surface area contributed by atoms with Gasteiger partial charge in [-0.3, -0.25) is 14.4 Å². The fraction of sp³-hybridized carbons (Fsp3) is 0.409. The zero-order valence-electron chi connectivity index (χ0n) is 16.9. The Hall–Kier alpha value is -3.30. The lowest BCUT2D eigenvalue weighted by Gasteiger charge is -2.53. The van der Waals surface area contributed by atoms with E-state index in [-0.39, 0.29) is 23.3 Å². The van der Waals surface area contributed by atoms with E-state index in [1.165, 1.54) is 10.8 Å². The molecule has 1 atom stereocenters. The number of rotatable bonds is 3. The van der Waals surface area contributed by atoms with Crippen LogP contribution in [0.15, 0.2) is 23.1 Å². The van der Waals surface area contributed by atoms with Crippen molar-refractivity contribution in [3.8, 4) is 5.75 Å². The molecule has 32 heavy (non-hydrogen) atoms. The molecule has 0 spiro atoms. The number of aromatic nitrogens is 1. The average Bonchev–Trinajstić information content (AvgIpc) is 2.78. The van der Waals surface area contributed by atoms with Crippen molar-refractivity contribution < 1.29 is 27.9 Å². The number of hydrogen-bond donors (Lipinski definition) is 2. The maximum absolute atomic E-state index is 13.8. The van der Waals surface area contributed by atoms with Crippen LogP contribution in [0, 0.1) is 23.4 Å². The topological polar surface area (TPSA) is 91.6 Å². The minimum atomic E-state index is -1.36. The summed E-state index contributed by atoms with van der Waals surface area (Å²) < 4.78 is 41.7. The van der Waals surface area contributed by atoms with Crippen molar-refractivity contribution in [1.82, 2.24) is 14.8 Å². The lowest BCUT2D eigenvalue weighted by atomic mass is 9.73. The van der Waals surface area contributed by atoms with Crippen LogP contribution in [-0.4, -0.2) is 38.5 Å². The highest BCUT2D eigenvalue weighted by Crippen LogP contribution is 2.43. The molecule has 10 heteroatoms. The first-order chi connectivity index (χ1) is 15.3. The van der Waals surface area contributed by atoms with Gasteiger partial charge in [-0.1, -0.05) is 0 Å². The summed E-state index contributed by atoms with van der Waals surface area (Å²) in [6.45, 7) is -0.142. The van der Waals surface area contributed by atoms with Gasteiger partial charge in [0.25, 0.3) is 11.8 Å². The largest absolute Gasteiger partial charge is 0.503 e. The normalized spacial score (nSPS) is 23.7. The van der Waals surface area contributed by atoms with Gasteiger partial charge in [0, 0.05) is 37.0 Å². The number of pyridine rings is 1. The molecule has 168 valence electrons. The number of piperidine rings is 2. The van der Waals surface area contributed by atoms with Gasteiger partial charge in [-0.2, -0.15) is 0 Å². The standard InChI is InChI=1S/C22H20F3N3O4/c23-14-6-16(25)15(24)5-11(14)7-26-21(31)13-8-27-9-17-10-1-3-12(4-2-10)28(17)22(32)18(27)20(30)19(13)29/h5-6,8,10,12,17,30H,1-4,7,9H2,(H,26,31). The van der Waals surface area contributed by atoms with Gasteiger partial charge in [-0.05, 0) is 37.7 Å². The summed E-state index contributed by atoms with van der Waals surface area (Å²) in [7, 11) is 0. The van der Waals surface area contributed by atoms with Gasteiger partial charge >= 0.3 is 0 Å². The molecule has 2 aromatic rings. The van der Waals surface area contributed by atoms with E-state index in [9.17, 15) is 32.7 Å². The molecule has 2 amide bonds. The quantitative estimate of drug-likeness (QED) is 0.707. The summed E-state index contributed by atoms with van der Waals surface area (Å²) >= 11 is 0. The van der Waals surface area contributed by atoms with Crippen LogP contribution in [0.3, 0.4) is 0 Å². The lowest BCUT2D eigenvalue weighted by Crippen LogP contribution is -2.61. The zero-order valence-corrected chi connectivity index (χ0v) is 16.9. The van der Waals surface area contributed by atoms with Crippen molar-refractivity contribution in [2.45, 2.75) is 50.9 Å². The second kappa shape index (κ2) is 7.39. The van der Waals surface area contributed by atoms with Gasteiger partial charge in [0.15, 0.2) is 23.1 Å². The molecule has 2 bridgehead atoms. The molecule has 1 aliphatic carbocycles. The second-order valence-corrected chi connectivity index (χ2v) is 8.61. The van der Waals surface area contributed by atoms with E-state index in [0.29, 0.717) is 24.6 Å². The van der Waals surface area contributed by atoms with E-state index in [4.69, 9.17) is 0 Å². The van der Waals surface area contributed by atoms with Gasteiger partial charge in [0.2, 0.25) is 5.43 Å². The highest BCUT2D eigenvalue weighted by Gasteiger charge is 2.48. The maximum Gasteiger partial charge on any atom is 0.275 e. The van der Waals surface area contributed by atoms with Crippen LogP contribution in [0.5, 0.6) is 5.75 Å². The van der Waals surface area contributed by atoms with E-state index in [1.807, 2.05) is 0 Å². The summed E-state index contributed by atoms with van der Waals surface area (Å²) in [5.41, 5.74) is -1.88. The lowest BCUT2D eigenvalue weighted by molar-refractivity contribution is -0.0181. The van der Waals surface area contributed by atoms with Crippen LogP contribution < -0.4 is 10.7 Å². The Morgan fingerprint density at radius 3 is 2.47 bits per heavy atom. The number of fused-ring (bicyclic) bond motifs is 3. The van der Waals surface area contributed by atoms with E-state index >= 15 is 0 Å². The molecule has 1 aromatic carbocycles. The fourth-order valence-corrected chi connectivity index (χ4v) is 5.29. The third-order valence-corrected chi connectivity index (χ3v) is 6.89. The Labute approximate surface area is 180 Å². The Morgan fingerprint density at radius 1 is 1.06 bits per heavy atom. The van der Waals surface area contributed by atoms with Crippen molar-refractivity contribution in [1.29, 1.82) is 0 Å². The number of nitrogens with zero attached hydrogens (tertiary/aromatic N) is 2. The van der Waals surface area contributed by atoms with Gasteiger partial charge in [0.1, 0.15) is 11.4 Å². The molecule has 3 fully saturated rings. The third-order valence-electron chi connectivity index (χ3n) is 6.89. The minimum Gasteiger partial charge on any atom is -0.503 e. The maximum atomic E-state index is 13.8. The van der Waals surface area contributed by atoms with Crippen molar-refractivity contribution in [2.24, 2.45) is 5.92 Å². The van der Waals surface area contributed by atoms with Crippen molar-refractivity contribution in [2.75, 3.05) is 0 Å². The predicted octanol–water partition coefficient (Wildman–Crippen LogP) is 2.30. The third kappa shape index (κ3) is 3.08. The molecule has 4 aliphatic rings. The molecule has 2 N–H and O–H groups in total. The number of nitrogens with one attached hydrogen (secondary N) is 1. The molecular formula is C22H20F3N3O4. The van der Waals surface area contributed by atoms with Crippen molar-refractivity contribution in [3.63, 3.8) is 0 Å². The van der Waals surface area contributed by atoms with Crippen LogP contribution >= 0.6 is 0 Å². The molecule has 1 aromatic heterocycles. The Kier molecular flexibility index (Phi) is 4.75. The fourth-order valence-electron chi connectivity index (χ4n) is 5.29. The number of hydrogen-bond acceptors (Lipinski definition) is 4. The molecule has 7 nitrogen and oxygen atoms in total. The van der Waals surface area contributed by atoms with Gasteiger partial charge in [0.05, 0.1) is 6.04 Å². The molecule has 1 saturated carbocycles. The van der Waals surface area contributed by atoms with Crippen molar-refractivity contribution in [3.05, 3.63) is 62.8 Å². The second-order valence-electron chi connectivity index (χ2n) is 8.61. The number of benzene rings is 1. The van der Waals surface area contributed by atoms with E-state index < -0.39 is 52.6 Å². The highest BCUT2D eigenvalue weighted by atomic mass is 19.2. The number of amides is 2. The van der Waals surface area contributed by atoms with Gasteiger partial charge in [-0.25, -0.2) is 13.2 Å². The summed E-state index contributed by atoms with van der Waals surface area (Å²) in [5.74, 6) is -5.50. The SMILES string of the molecule is O=C(NCc1cc(F)c(F)cc1F)c1cn2c(c(O)c1=O)C(=O)N1C3CCC(CC3)C1C2. The minimum absolute atomic E-state index is 0.0587. The number of carbonyl (C=O) groups excluding carboxylic acids is 2. The highest BCUT2D eigenvalue weighted by molar-refractivity contribution is 5.99. The predicted molar refractivity (Wildman–Crippen MR) is 106 cm³/mol. The Bertz CT molecular complexity index is 1200. The zero-order chi connectivity index (χ0) is 22.7. The first-order valence-electron chi connectivity index (χ1n) is 10.5. The number of halogens is 3. The molecule has 6 rings (SSSR count).